The third-order valence-electron chi connectivity index (χ3n) is 3.44. The molecule has 1 aliphatic rings. The van der Waals surface area contributed by atoms with Crippen LogP contribution in [0.4, 0.5) is 0 Å². The van der Waals surface area contributed by atoms with Crippen LogP contribution in [-0.2, 0) is 10.3 Å². The lowest BCUT2D eigenvalue weighted by atomic mass is 9.93. The van der Waals surface area contributed by atoms with E-state index in [1.165, 1.54) is 19.8 Å². The summed E-state index contributed by atoms with van der Waals surface area (Å²) >= 11 is 0. The first-order chi connectivity index (χ1) is 8.18. The minimum atomic E-state index is -0.465. The van der Waals surface area contributed by atoms with Gasteiger partial charge in [0.25, 0.3) is 5.89 Å². The number of hydrogen-bond acceptors (Lipinski definition) is 5. The zero-order valence-corrected chi connectivity index (χ0v) is 10.4. The molecule has 5 heteroatoms. The van der Waals surface area contributed by atoms with Crippen LogP contribution in [0.3, 0.4) is 0 Å². The van der Waals surface area contributed by atoms with Crippen molar-refractivity contribution in [3.8, 4) is 0 Å². The Hall–Kier alpha value is -1.23. The molecule has 0 spiro atoms. The van der Waals surface area contributed by atoms with Gasteiger partial charge in [-0.1, -0.05) is 30.8 Å². The predicted molar refractivity (Wildman–Crippen MR) is 60.7 cm³/mol. The number of carbonyl (C=O) groups is 1. The van der Waals surface area contributed by atoms with Crippen molar-refractivity contribution in [2.24, 2.45) is 0 Å². The average Bonchev–Trinajstić information content (AvgIpc) is 2.70. The standard InChI is InChI=1S/C12H18N2O3/c1-9(15)10-13-11(14-17-10)12(16-2)7-5-3-4-6-8-12/h3-8H2,1-2H3. The molecule has 0 amide bonds. The van der Waals surface area contributed by atoms with Crippen molar-refractivity contribution in [1.29, 1.82) is 0 Å². The molecule has 0 atom stereocenters. The Morgan fingerprint density at radius 1 is 1.29 bits per heavy atom. The van der Waals surface area contributed by atoms with E-state index in [1.54, 1.807) is 7.11 Å². The summed E-state index contributed by atoms with van der Waals surface area (Å²) in [6.07, 6.45) is 6.39. The van der Waals surface area contributed by atoms with E-state index in [1.807, 2.05) is 0 Å². The summed E-state index contributed by atoms with van der Waals surface area (Å²) in [6, 6.07) is 0. The van der Waals surface area contributed by atoms with Gasteiger partial charge in [-0.3, -0.25) is 4.79 Å². The SMILES string of the molecule is COC1(c2noc(C(C)=O)n2)CCCCCC1. The van der Waals surface area contributed by atoms with Gasteiger partial charge in [0.05, 0.1) is 0 Å². The minimum absolute atomic E-state index is 0.0701. The van der Waals surface area contributed by atoms with E-state index in [-0.39, 0.29) is 11.7 Å². The quantitative estimate of drug-likeness (QED) is 0.597. The fraction of sp³-hybridized carbons (Fsp3) is 0.750. The number of Topliss-reactive ketones (excluding diaryl/α,β-unsaturated/α-hetero) is 1. The number of ketones is 1. The van der Waals surface area contributed by atoms with Crippen LogP contribution in [0, 0.1) is 0 Å². The second-order valence-corrected chi connectivity index (χ2v) is 4.59. The van der Waals surface area contributed by atoms with E-state index in [4.69, 9.17) is 9.26 Å². The first kappa shape index (κ1) is 12.2. The van der Waals surface area contributed by atoms with E-state index >= 15 is 0 Å². The highest BCUT2D eigenvalue weighted by molar-refractivity contribution is 5.89. The van der Waals surface area contributed by atoms with Crippen molar-refractivity contribution in [1.82, 2.24) is 10.1 Å². The van der Waals surface area contributed by atoms with E-state index in [0.29, 0.717) is 5.82 Å². The molecule has 0 saturated heterocycles. The maximum atomic E-state index is 11.2. The lowest BCUT2D eigenvalue weighted by molar-refractivity contribution is -0.0365. The van der Waals surface area contributed by atoms with Crippen molar-refractivity contribution in [3.63, 3.8) is 0 Å². The fourth-order valence-corrected chi connectivity index (χ4v) is 2.37. The van der Waals surface area contributed by atoms with Crippen molar-refractivity contribution in [2.45, 2.75) is 51.0 Å². The van der Waals surface area contributed by atoms with E-state index in [0.717, 1.165) is 25.7 Å². The number of nitrogens with zero attached hydrogens (tertiary/aromatic N) is 2. The van der Waals surface area contributed by atoms with Gasteiger partial charge in [0.2, 0.25) is 11.6 Å². The van der Waals surface area contributed by atoms with Crippen LogP contribution in [0.25, 0.3) is 0 Å². The zero-order chi connectivity index (χ0) is 12.3. The molecular formula is C12H18N2O3. The first-order valence-corrected chi connectivity index (χ1v) is 6.08. The molecule has 1 heterocycles. The number of aromatic nitrogens is 2. The van der Waals surface area contributed by atoms with Gasteiger partial charge >= 0.3 is 0 Å². The zero-order valence-electron chi connectivity index (χ0n) is 10.4. The van der Waals surface area contributed by atoms with Crippen molar-refractivity contribution in [3.05, 3.63) is 11.7 Å². The van der Waals surface area contributed by atoms with E-state index in [9.17, 15) is 4.79 Å². The summed E-state index contributed by atoms with van der Waals surface area (Å²) in [7, 11) is 1.68. The lowest BCUT2D eigenvalue weighted by Gasteiger charge is -2.27. The van der Waals surface area contributed by atoms with Crippen LogP contribution in [0.15, 0.2) is 4.52 Å². The Morgan fingerprint density at radius 2 is 1.94 bits per heavy atom. The smallest absolute Gasteiger partial charge is 0.293 e. The summed E-state index contributed by atoms with van der Waals surface area (Å²) in [5.74, 6) is 0.386. The Bertz CT molecular complexity index is 392. The monoisotopic (exact) mass is 238 g/mol. The molecule has 0 aromatic carbocycles. The largest absolute Gasteiger partial charge is 0.370 e. The molecule has 1 aliphatic carbocycles. The topological polar surface area (TPSA) is 65.2 Å². The maximum Gasteiger partial charge on any atom is 0.293 e. The highest BCUT2D eigenvalue weighted by atomic mass is 16.5. The molecule has 0 unspecified atom stereocenters. The minimum Gasteiger partial charge on any atom is -0.370 e. The molecular weight excluding hydrogens is 220 g/mol. The highest BCUT2D eigenvalue weighted by Crippen LogP contribution is 2.37. The molecule has 1 saturated carbocycles. The second-order valence-electron chi connectivity index (χ2n) is 4.59. The molecule has 0 bridgehead atoms. The second kappa shape index (κ2) is 4.96. The fourth-order valence-electron chi connectivity index (χ4n) is 2.37. The van der Waals surface area contributed by atoms with E-state index < -0.39 is 5.60 Å². The van der Waals surface area contributed by atoms with Gasteiger partial charge in [0, 0.05) is 14.0 Å². The van der Waals surface area contributed by atoms with Crippen LogP contribution >= 0.6 is 0 Å². The Labute approximate surface area is 101 Å². The van der Waals surface area contributed by atoms with Crippen molar-refractivity contribution < 1.29 is 14.1 Å². The Morgan fingerprint density at radius 3 is 2.41 bits per heavy atom. The maximum absolute atomic E-state index is 11.2. The van der Waals surface area contributed by atoms with Gasteiger partial charge in [-0.25, -0.2) is 0 Å². The van der Waals surface area contributed by atoms with Gasteiger partial charge < -0.3 is 9.26 Å². The van der Waals surface area contributed by atoms with Gasteiger partial charge in [0.15, 0.2) is 0 Å². The Kier molecular flexibility index (Phi) is 3.57. The molecule has 1 fully saturated rings. The third-order valence-corrected chi connectivity index (χ3v) is 3.44. The van der Waals surface area contributed by atoms with Gasteiger partial charge in [0.1, 0.15) is 5.60 Å². The molecule has 5 nitrogen and oxygen atoms in total. The van der Waals surface area contributed by atoms with Crippen LogP contribution in [0.5, 0.6) is 0 Å². The molecule has 0 N–H and O–H groups in total. The number of carbonyl (C=O) groups excluding carboxylic acids is 1. The van der Waals surface area contributed by atoms with Crippen LogP contribution in [0.2, 0.25) is 0 Å². The normalized spacial score (nSPS) is 19.9. The van der Waals surface area contributed by atoms with Gasteiger partial charge in [-0.15, -0.1) is 0 Å². The summed E-state index contributed by atoms with van der Waals surface area (Å²) in [6.45, 7) is 1.42. The highest BCUT2D eigenvalue weighted by Gasteiger charge is 2.37. The van der Waals surface area contributed by atoms with Crippen LogP contribution < -0.4 is 0 Å². The third kappa shape index (κ3) is 2.39. The average molecular weight is 238 g/mol. The van der Waals surface area contributed by atoms with Gasteiger partial charge in [-0.2, -0.15) is 4.98 Å². The Balaban J connectivity index is 2.28. The van der Waals surface area contributed by atoms with E-state index in [2.05, 4.69) is 10.1 Å². The molecule has 94 valence electrons. The molecule has 2 rings (SSSR count). The first-order valence-electron chi connectivity index (χ1n) is 6.08. The van der Waals surface area contributed by atoms with Crippen molar-refractivity contribution >= 4 is 5.78 Å². The number of rotatable bonds is 3. The molecule has 17 heavy (non-hydrogen) atoms. The van der Waals surface area contributed by atoms with Gasteiger partial charge in [-0.05, 0) is 12.8 Å². The van der Waals surface area contributed by atoms with Crippen LogP contribution in [0.1, 0.15) is 62.0 Å². The lowest BCUT2D eigenvalue weighted by Crippen LogP contribution is -2.29. The van der Waals surface area contributed by atoms with Crippen LogP contribution in [-0.4, -0.2) is 23.0 Å². The molecule has 0 aliphatic heterocycles. The van der Waals surface area contributed by atoms with Crippen molar-refractivity contribution in [2.75, 3.05) is 7.11 Å². The predicted octanol–water partition coefficient (Wildman–Crippen LogP) is 2.47. The summed E-state index contributed by atoms with van der Waals surface area (Å²) in [4.78, 5) is 15.3. The molecule has 1 aromatic heterocycles. The summed E-state index contributed by atoms with van der Waals surface area (Å²) in [5, 5.41) is 3.91. The molecule has 1 aromatic rings. The number of methoxy groups -OCH3 is 1. The molecule has 0 radical (unpaired) electrons. The summed E-state index contributed by atoms with van der Waals surface area (Å²) in [5.41, 5.74) is -0.465. The summed E-state index contributed by atoms with van der Waals surface area (Å²) < 4.78 is 10.6. The number of ether oxygens (including phenoxy) is 1. The number of hydrogen-bond donors (Lipinski definition) is 0.